The van der Waals surface area contributed by atoms with Crippen molar-refractivity contribution in [2.24, 2.45) is 5.41 Å². The quantitative estimate of drug-likeness (QED) is 0.542. The summed E-state index contributed by atoms with van der Waals surface area (Å²) in [5, 5.41) is 0. The van der Waals surface area contributed by atoms with Crippen LogP contribution in [0.1, 0.15) is 41.0 Å². The van der Waals surface area contributed by atoms with Gasteiger partial charge in [0.05, 0.1) is 13.2 Å². The number of hydrogen-bond acceptors (Lipinski definition) is 5. The number of carbonyl (C=O) groups is 3. The van der Waals surface area contributed by atoms with Crippen molar-refractivity contribution >= 4 is 17.8 Å². The van der Waals surface area contributed by atoms with Crippen LogP contribution < -0.4 is 0 Å². The van der Waals surface area contributed by atoms with Gasteiger partial charge in [-0.2, -0.15) is 0 Å². The van der Waals surface area contributed by atoms with Gasteiger partial charge in [0.1, 0.15) is 11.0 Å². The Balaban J connectivity index is 3.00. The van der Waals surface area contributed by atoms with Gasteiger partial charge in [-0.3, -0.25) is 9.59 Å². The lowest BCUT2D eigenvalue weighted by Crippen LogP contribution is -2.60. The first-order valence-corrected chi connectivity index (χ1v) is 6.65. The predicted octanol–water partition coefficient (Wildman–Crippen LogP) is 1.76. The first-order valence-electron chi connectivity index (χ1n) is 6.65. The number of methoxy groups -OCH3 is 1. The Hall–Kier alpha value is -1.59. The van der Waals surface area contributed by atoms with E-state index in [1.807, 2.05) is 0 Å². The van der Waals surface area contributed by atoms with Gasteiger partial charge in [-0.1, -0.05) is 0 Å². The van der Waals surface area contributed by atoms with Gasteiger partial charge in [0.15, 0.2) is 5.78 Å². The van der Waals surface area contributed by atoms with E-state index in [9.17, 15) is 14.4 Å². The van der Waals surface area contributed by atoms with Gasteiger partial charge in [-0.15, -0.1) is 0 Å². The summed E-state index contributed by atoms with van der Waals surface area (Å²) >= 11 is 0. The molecule has 1 saturated heterocycles. The zero-order valence-electron chi connectivity index (χ0n) is 13.0. The van der Waals surface area contributed by atoms with Crippen LogP contribution in [0, 0.1) is 5.41 Å². The van der Waals surface area contributed by atoms with E-state index in [4.69, 9.17) is 9.47 Å². The molecule has 6 nitrogen and oxygen atoms in total. The molecule has 0 unspecified atom stereocenters. The smallest absolute Gasteiger partial charge is 0.410 e. The van der Waals surface area contributed by atoms with Gasteiger partial charge < -0.3 is 14.4 Å². The molecule has 0 aromatic rings. The standard InChI is InChI=1S/C14H23NO5/c1-9-14(5,11(17)19-6)10(16)7-8-15(9)12(18)20-13(2,3)4/h9H,7-8H2,1-6H3/t9-,14+/m1/s1. The molecule has 1 aliphatic heterocycles. The van der Waals surface area contributed by atoms with E-state index in [1.165, 1.54) is 18.9 Å². The first-order chi connectivity index (χ1) is 9.04. The third-order valence-electron chi connectivity index (χ3n) is 3.70. The monoisotopic (exact) mass is 285 g/mol. The second-order valence-corrected chi connectivity index (χ2v) is 6.22. The first kappa shape index (κ1) is 16.5. The third kappa shape index (κ3) is 2.94. The van der Waals surface area contributed by atoms with Crippen molar-refractivity contribution < 1.29 is 23.9 Å². The highest BCUT2D eigenvalue weighted by Gasteiger charge is 2.53. The molecule has 0 radical (unpaired) electrons. The lowest BCUT2D eigenvalue weighted by atomic mass is 9.74. The second kappa shape index (κ2) is 5.42. The van der Waals surface area contributed by atoms with Crippen LogP contribution in [0.2, 0.25) is 0 Å². The minimum atomic E-state index is -1.34. The molecule has 0 aliphatic carbocycles. The van der Waals surface area contributed by atoms with Crippen LogP contribution >= 0.6 is 0 Å². The van der Waals surface area contributed by atoms with Crippen molar-refractivity contribution in [3.05, 3.63) is 0 Å². The van der Waals surface area contributed by atoms with E-state index in [0.29, 0.717) is 0 Å². The lowest BCUT2D eigenvalue weighted by molar-refractivity contribution is -0.163. The van der Waals surface area contributed by atoms with Crippen LogP contribution in [-0.4, -0.2) is 48.0 Å². The number of nitrogens with zero attached hydrogens (tertiary/aromatic N) is 1. The van der Waals surface area contributed by atoms with Crippen LogP contribution in [0.15, 0.2) is 0 Å². The number of rotatable bonds is 1. The molecule has 1 aliphatic rings. The number of Topliss-reactive ketones (excluding diaryl/α,β-unsaturated/α-hetero) is 1. The van der Waals surface area contributed by atoms with E-state index < -0.39 is 29.1 Å². The van der Waals surface area contributed by atoms with Crippen LogP contribution in [0.5, 0.6) is 0 Å². The molecule has 0 aromatic carbocycles. The molecule has 1 fully saturated rings. The van der Waals surface area contributed by atoms with E-state index in [1.54, 1.807) is 27.7 Å². The molecule has 0 spiro atoms. The van der Waals surface area contributed by atoms with Crippen molar-refractivity contribution in [3.63, 3.8) is 0 Å². The van der Waals surface area contributed by atoms with E-state index in [2.05, 4.69) is 0 Å². The number of ketones is 1. The minimum Gasteiger partial charge on any atom is -0.468 e. The fraction of sp³-hybridized carbons (Fsp3) is 0.786. The summed E-state index contributed by atoms with van der Waals surface area (Å²) in [6.07, 6.45) is -0.400. The summed E-state index contributed by atoms with van der Waals surface area (Å²) in [5.74, 6) is -0.833. The fourth-order valence-electron chi connectivity index (χ4n) is 2.29. The summed E-state index contributed by atoms with van der Waals surface area (Å²) < 4.78 is 10.0. The van der Waals surface area contributed by atoms with Gasteiger partial charge in [0.2, 0.25) is 0 Å². The topological polar surface area (TPSA) is 72.9 Å². The summed E-state index contributed by atoms with van der Waals surface area (Å²) in [5.41, 5.74) is -1.97. The molecular weight excluding hydrogens is 262 g/mol. The number of carbonyl (C=O) groups excluding carboxylic acids is 3. The number of esters is 1. The molecule has 1 amide bonds. The number of piperidine rings is 1. The Morgan fingerprint density at radius 1 is 1.35 bits per heavy atom. The van der Waals surface area contributed by atoms with Crippen LogP contribution in [0.25, 0.3) is 0 Å². The summed E-state index contributed by atoms with van der Waals surface area (Å²) in [6, 6.07) is -0.606. The minimum absolute atomic E-state index is 0.120. The maximum atomic E-state index is 12.2. The Kier molecular flexibility index (Phi) is 4.46. The normalized spacial score (nSPS) is 27.2. The molecule has 2 atom stereocenters. The van der Waals surface area contributed by atoms with Gasteiger partial charge in [0.25, 0.3) is 0 Å². The highest BCUT2D eigenvalue weighted by Crippen LogP contribution is 2.34. The molecule has 1 rings (SSSR count). The molecule has 0 bridgehead atoms. The Morgan fingerprint density at radius 2 is 1.90 bits per heavy atom. The van der Waals surface area contributed by atoms with Crippen molar-refractivity contribution in [1.82, 2.24) is 4.90 Å². The SMILES string of the molecule is COC(=O)[C@]1(C)C(=O)CCN(C(=O)OC(C)(C)C)[C@@H]1C. The largest absolute Gasteiger partial charge is 0.468 e. The van der Waals surface area contributed by atoms with Gasteiger partial charge in [0, 0.05) is 13.0 Å². The third-order valence-corrected chi connectivity index (χ3v) is 3.70. The van der Waals surface area contributed by atoms with Crippen molar-refractivity contribution in [2.45, 2.75) is 52.7 Å². The van der Waals surface area contributed by atoms with Crippen LogP contribution in [0.3, 0.4) is 0 Å². The van der Waals surface area contributed by atoms with Crippen molar-refractivity contribution in [1.29, 1.82) is 0 Å². The highest BCUT2D eigenvalue weighted by molar-refractivity contribution is 6.05. The number of likely N-dealkylation sites (tertiary alicyclic amines) is 1. The fourth-order valence-corrected chi connectivity index (χ4v) is 2.29. The number of hydrogen-bond donors (Lipinski definition) is 0. The lowest BCUT2D eigenvalue weighted by Gasteiger charge is -2.43. The van der Waals surface area contributed by atoms with Crippen molar-refractivity contribution in [2.75, 3.05) is 13.7 Å². The Morgan fingerprint density at radius 3 is 2.35 bits per heavy atom. The zero-order valence-corrected chi connectivity index (χ0v) is 13.0. The van der Waals surface area contributed by atoms with Gasteiger partial charge in [-0.25, -0.2) is 4.79 Å². The molecule has 20 heavy (non-hydrogen) atoms. The average molecular weight is 285 g/mol. The van der Waals surface area contributed by atoms with E-state index in [-0.39, 0.29) is 18.7 Å². The van der Waals surface area contributed by atoms with Gasteiger partial charge in [-0.05, 0) is 34.6 Å². The summed E-state index contributed by atoms with van der Waals surface area (Å²) in [7, 11) is 1.24. The molecule has 1 heterocycles. The van der Waals surface area contributed by atoms with Gasteiger partial charge >= 0.3 is 12.1 Å². The summed E-state index contributed by atoms with van der Waals surface area (Å²) in [4.78, 5) is 37.6. The number of ether oxygens (including phenoxy) is 2. The van der Waals surface area contributed by atoms with Crippen LogP contribution in [-0.2, 0) is 19.1 Å². The van der Waals surface area contributed by atoms with E-state index in [0.717, 1.165) is 0 Å². The summed E-state index contributed by atoms with van der Waals surface area (Å²) in [6.45, 7) is 8.74. The second-order valence-electron chi connectivity index (χ2n) is 6.22. The predicted molar refractivity (Wildman–Crippen MR) is 72.1 cm³/mol. The van der Waals surface area contributed by atoms with Crippen LogP contribution in [0.4, 0.5) is 4.79 Å². The Bertz CT molecular complexity index is 416. The highest BCUT2D eigenvalue weighted by atomic mass is 16.6. The molecule has 0 aromatic heterocycles. The average Bonchev–Trinajstić information content (AvgIpc) is 2.32. The molecule has 0 N–H and O–H groups in total. The maximum absolute atomic E-state index is 12.2. The molecule has 0 saturated carbocycles. The van der Waals surface area contributed by atoms with Crippen molar-refractivity contribution in [3.8, 4) is 0 Å². The molecule has 114 valence electrons. The zero-order chi connectivity index (χ0) is 15.7. The molecular formula is C14H23NO5. The number of amides is 1. The maximum Gasteiger partial charge on any atom is 0.410 e. The van der Waals surface area contributed by atoms with E-state index >= 15 is 0 Å². The molecule has 6 heteroatoms. The Labute approximate surface area is 119 Å².